The van der Waals surface area contributed by atoms with E-state index in [9.17, 15) is 4.79 Å². The van der Waals surface area contributed by atoms with Crippen LogP contribution in [0.3, 0.4) is 0 Å². The van der Waals surface area contributed by atoms with Crippen molar-refractivity contribution in [3.8, 4) is 0 Å². The van der Waals surface area contributed by atoms with Crippen molar-refractivity contribution in [2.75, 3.05) is 0 Å². The Balaban J connectivity index is 1.96. The summed E-state index contributed by atoms with van der Waals surface area (Å²) in [5.74, 6) is 0.511. The van der Waals surface area contributed by atoms with Crippen molar-refractivity contribution in [3.63, 3.8) is 0 Å². The number of hydrogen-bond acceptors (Lipinski definition) is 3. The first-order valence-corrected chi connectivity index (χ1v) is 4.51. The van der Waals surface area contributed by atoms with Crippen molar-refractivity contribution in [1.82, 2.24) is 25.1 Å². The van der Waals surface area contributed by atoms with Crippen molar-refractivity contribution in [3.05, 3.63) is 36.2 Å². The smallest absolute Gasteiger partial charge is 0.268 e. The number of aromatic amines is 1. The van der Waals surface area contributed by atoms with Crippen LogP contribution in [0.2, 0.25) is 0 Å². The van der Waals surface area contributed by atoms with Gasteiger partial charge in [-0.1, -0.05) is 0 Å². The van der Waals surface area contributed by atoms with Crippen molar-refractivity contribution in [2.24, 2.45) is 7.05 Å². The van der Waals surface area contributed by atoms with E-state index in [1.807, 2.05) is 19.3 Å². The molecule has 0 saturated carbocycles. The fourth-order valence-electron chi connectivity index (χ4n) is 1.27. The third kappa shape index (κ3) is 2.04. The molecule has 0 radical (unpaired) electrons. The molecule has 6 heteroatoms. The normalized spacial score (nSPS) is 10.2. The standard InChI is InChI=1S/C9H11N5O/c1-14-4-2-3-7(14)9(15)10-5-8-11-6-12-13-8/h2-4,6H,5H2,1H3,(H,10,15)(H,11,12,13). The summed E-state index contributed by atoms with van der Waals surface area (Å²) in [6.45, 7) is 0.351. The van der Waals surface area contributed by atoms with Crippen molar-refractivity contribution >= 4 is 5.91 Å². The molecule has 0 aliphatic heterocycles. The summed E-state index contributed by atoms with van der Waals surface area (Å²) in [5, 5.41) is 9.09. The molecule has 0 bridgehead atoms. The van der Waals surface area contributed by atoms with E-state index in [4.69, 9.17) is 0 Å². The maximum atomic E-state index is 11.6. The zero-order valence-corrected chi connectivity index (χ0v) is 8.27. The van der Waals surface area contributed by atoms with Crippen LogP contribution in [0.1, 0.15) is 16.3 Å². The summed E-state index contributed by atoms with van der Waals surface area (Å²) in [6, 6.07) is 3.58. The van der Waals surface area contributed by atoms with Crippen LogP contribution < -0.4 is 5.32 Å². The average Bonchev–Trinajstić information content (AvgIpc) is 2.84. The maximum Gasteiger partial charge on any atom is 0.268 e. The van der Waals surface area contributed by atoms with Gasteiger partial charge in [-0.25, -0.2) is 4.98 Å². The second-order valence-electron chi connectivity index (χ2n) is 3.12. The lowest BCUT2D eigenvalue weighted by Gasteiger charge is -2.03. The zero-order valence-electron chi connectivity index (χ0n) is 8.27. The number of carbonyl (C=O) groups excluding carboxylic acids is 1. The van der Waals surface area contributed by atoms with Crippen LogP contribution in [0, 0.1) is 0 Å². The summed E-state index contributed by atoms with van der Waals surface area (Å²) in [6.07, 6.45) is 3.23. The number of hydrogen-bond donors (Lipinski definition) is 2. The lowest BCUT2D eigenvalue weighted by Crippen LogP contribution is -2.25. The third-order valence-electron chi connectivity index (χ3n) is 2.06. The van der Waals surface area contributed by atoms with Crippen LogP contribution in [-0.2, 0) is 13.6 Å². The van der Waals surface area contributed by atoms with Gasteiger partial charge in [-0.05, 0) is 12.1 Å². The molecule has 0 aliphatic rings. The van der Waals surface area contributed by atoms with E-state index in [1.165, 1.54) is 6.33 Å². The zero-order chi connectivity index (χ0) is 10.7. The van der Waals surface area contributed by atoms with Crippen LogP contribution >= 0.6 is 0 Å². The quantitative estimate of drug-likeness (QED) is 0.744. The van der Waals surface area contributed by atoms with Crippen molar-refractivity contribution in [1.29, 1.82) is 0 Å². The molecule has 0 fully saturated rings. The fourth-order valence-corrected chi connectivity index (χ4v) is 1.27. The van der Waals surface area contributed by atoms with Gasteiger partial charge in [0.05, 0.1) is 6.54 Å². The number of amides is 1. The Morgan fingerprint density at radius 1 is 1.67 bits per heavy atom. The Labute approximate surface area is 86.3 Å². The van der Waals surface area contributed by atoms with Gasteiger partial charge in [0.15, 0.2) is 0 Å². The largest absolute Gasteiger partial charge is 0.347 e. The molecule has 78 valence electrons. The molecular formula is C9H11N5O. The van der Waals surface area contributed by atoms with Crippen molar-refractivity contribution < 1.29 is 4.79 Å². The summed E-state index contributed by atoms with van der Waals surface area (Å²) in [7, 11) is 1.82. The van der Waals surface area contributed by atoms with E-state index in [0.29, 0.717) is 18.1 Å². The summed E-state index contributed by atoms with van der Waals surface area (Å²) in [5.41, 5.74) is 0.620. The Morgan fingerprint density at radius 2 is 2.53 bits per heavy atom. The molecule has 0 aromatic carbocycles. The highest BCUT2D eigenvalue weighted by Gasteiger charge is 2.08. The first-order chi connectivity index (χ1) is 7.27. The van der Waals surface area contributed by atoms with E-state index >= 15 is 0 Å². The van der Waals surface area contributed by atoms with Gasteiger partial charge in [0.1, 0.15) is 17.8 Å². The van der Waals surface area contributed by atoms with Gasteiger partial charge in [0, 0.05) is 13.2 Å². The first kappa shape index (κ1) is 9.45. The van der Waals surface area contributed by atoms with Crippen LogP contribution in [0.5, 0.6) is 0 Å². The average molecular weight is 205 g/mol. The summed E-state index contributed by atoms with van der Waals surface area (Å²) in [4.78, 5) is 15.5. The number of nitrogens with one attached hydrogen (secondary N) is 2. The first-order valence-electron chi connectivity index (χ1n) is 4.51. The van der Waals surface area contributed by atoms with Gasteiger partial charge < -0.3 is 9.88 Å². The number of aromatic nitrogens is 4. The lowest BCUT2D eigenvalue weighted by atomic mass is 10.4. The van der Waals surface area contributed by atoms with E-state index in [-0.39, 0.29) is 5.91 Å². The van der Waals surface area contributed by atoms with Crippen LogP contribution in [0.15, 0.2) is 24.7 Å². The molecule has 6 nitrogen and oxygen atoms in total. The monoisotopic (exact) mass is 205 g/mol. The van der Waals surface area contributed by atoms with E-state index in [2.05, 4.69) is 20.5 Å². The predicted octanol–water partition coefficient (Wildman–Crippen LogP) is 0.0732. The highest BCUT2D eigenvalue weighted by molar-refractivity contribution is 5.92. The molecular weight excluding hydrogens is 194 g/mol. The fraction of sp³-hybridized carbons (Fsp3) is 0.222. The molecule has 15 heavy (non-hydrogen) atoms. The molecule has 0 saturated heterocycles. The van der Waals surface area contributed by atoms with Gasteiger partial charge in [-0.3, -0.25) is 9.89 Å². The molecule has 1 amide bonds. The minimum absolute atomic E-state index is 0.126. The molecule has 0 aliphatic carbocycles. The number of nitrogens with zero attached hydrogens (tertiary/aromatic N) is 3. The summed E-state index contributed by atoms with van der Waals surface area (Å²) < 4.78 is 1.76. The molecule has 2 aromatic rings. The van der Waals surface area contributed by atoms with Gasteiger partial charge in [0.25, 0.3) is 5.91 Å². The highest BCUT2D eigenvalue weighted by Crippen LogP contribution is 1.99. The second kappa shape index (κ2) is 3.95. The third-order valence-corrected chi connectivity index (χ3v) is 2.06. The van der Waals surface area contributed by atoms with Crippen LogP contribution in [0.25, 0.3) is 0 Å². The number of rotatable bonds is 3. The molecule has 0 unspecified atom stereocenters. The van der Waals surface area contributed by atoms with Crippen LogP contribution in [-0.4, -0.2) is 25.7 Å². The Kier molecular flexibility index (Phi) is 2.49. The summed E-state index contributed by atoms with van der Waals surface area (Å²) >= 11 is 0. The Bertz CT molecular complexity index is 445. The Morgan fingerprint density at radius 3 is 3.13 bits per heavy atom. The minimum atomic E-state index is -0.126. The molecule has 2 rings (SSSR count). The Hall–Kier alpha value is -2.11. The molecule has 2 heterocycles. The number of carbonyl (C=O) groups is 1. The SMILES string of the molecule is Cn1cccc1C(=O)NCc1ncn[nH]1. The minimum Gasteiger partial charge on any atom is -0.347 e. The number of H-pyrrole nitrogens is 1. The number of aryl methyl sites for hydroxylation is 1. The predicted molar refractivity (Wildman–Crippen MR) is 53.0 cm³/mol. The van der Waals surface area contributed by atoms with Gasteiger partial charge >= 0.3 is 0 Å². The lowest BCUT2D eigenvalue weighted by molar-refractivity contribution is 0.0942. The molecule has 0 atom stereocenters. The van der Waals surface area contributed by atoms with Crippen LogP contribution in [0.4, 0.5) is 0 Å². The molecule has 2 N–H and O–H groups in total. The maximum absolute atomic E-state index is 11.6. The van der Waals surface area contributed by atoms with E-state index < -0.39 is 0 Å². The van der Waals surface area contributed by atoms with E-state index in [1.54, 1.807) is 10.6 Å². The highest BCUT2D eigenvalue weighted by atomic mass is 16.1. The molecule has 2 aromatic heterocycles. The van der Waals surface area contributed by atoms with Gasteiger partial charge in [0.2, 0.25) is 0 Å². The second-order valence-corrected chi connectivity index (χ2v) is 3.12. The van der Waals surface area contributed by atoms with Crippen molar-refractivity contribution in [2.45, 2.75) is 6.54 Å². The van der Waals surface area contributed by atoms with Gasteiger partial charge in [-0.15, -0.1) is 0 Å². The van der Waals surface area contributed by atoms with Gasteiger partial charge in [-0.2, -0.15) is 5.10 Å². The molecule has 0 spiro atoms. The van der Waals surface area contributed by atoms with E-state index in [0.717, 1.165) is 0 Å². The topological polar surface area (TPSA) is 75.6 Å².